The van der Waals surface area contributed by atoms with Gasteiger partial charge in [-0.1, -0.05) is 0 Å². The molecular weight excluding hydrogens is 315 g/mol. The van der Waals surface area contributed by atoms with E-state index in [0.717, 1.165) is 5.56 Å². The molecule has 0 atom stereocenters. The molecule has 23 heavy (non-hydrogen) atoms. The van der Waals surface area contributed by atoms with Gasteiger partial charge < -0.3 is 5.73 Å². The van der Waals surface area contributed by atoms with Gasteiger partial charge >= 0.3 is 6.36 Å². The molecule has 7 nitrogen and oxygen atoms in total. The van der Waals surface area contributed by atoms with E-state index >= 15 is 0 Å². The first kappa shape index (κ1) is 15.9. The number of nitrogens with zero attached hydrogens (tertiary/aromatic N) is 4. The Hall–Kier alpha value is -1.94. The average molecular weight is 331 g/mol. The van der Waals surface area contributed by atoms with Gasteiger partial charge in [-0.3, -0.25) is 9.64 Å². The largest absolute Gasteiger partial charge is 0.522 e. The summed E-state index contributed by atoms with van der Waals surface area (Å²) in [5.41, 5.74) is 8.79. The van der Waals surface area contributed by atoms with Crippen molar-refractivity contribution < 1.29 is 22.5 Å². The Labute approximate surface area is 129 Å². The number of aromatic nitrogens is 3. The van der Waals surface area contributed by atoms with Crippen LogP contribution in [0.5, 0.6) is 0 Å². The van der Waals surface area contributed by atoms with Crippen molar-refractivity contribution in [3.8, 4) is 0 Å². The van der Waals surface area contributed by atoms with E-state index in [4.69, 9.17) is 5.73 Å². The summed E-state index contributed by atoms with van der Waals surface area (Å²) >= 11 is 0. The highest BCUT2D eigenvalue weighted by Crippen LogP contribution is 2.28. The molecule has 0 unspecified atom stereocenters. The molecule has 10 heteroatoms. The second-order valence-electron chi connectivity index (χ2n) is 5.56. The number of ether oxygens (including phenoxy) is 1. The predicted octanol–water partition coefficient (Wildman–Crippen LogP) is 2.01. The van der Waals surface area contributed by atoms with Crippen LogP contribution in [0.25, 0.3) is 11.2 Å². The Morgan fingerprint density at radius 1 is 1.30 bits per heavy atom. The Morgan fingerprint density at radius 3 is 2.65 bits per heavy atom. The third-order valence-electron chi connectivity index (χ3n) is 3.98. The van der Waals surface area contributed by atoms with Crippen molar-refractivity contribution in [2.75, 3.05) is 18.8 Å². The second kappa shape index (κ2) is 5.93. The van der Waals surface area contributed by atoms with Gasteiger partial charge in [-0.25, -0.2) is 9.61 Å². The number of piperidine rings is 1. The van der Waals surface area contributed by atoms with E-state index < -0.39 is 12.5 Å². The zero-order valence-corrected chi connectivity index (χ0v) is 12.4. The Kier molecular flexibility index (Phi) is 4.11. The van der Waals surface area contributed by atoms with Crippen LogP contribution in [0.1, 0.15) is 24.1 Å². The van der Waals surface area contributed by atoms with Gasteiger partial charge in [0.25, 0.3) is 0 Å². The maximum atomic E-state index is 12.2. The molecule has 0 saturated carbocycles. The molecule has 2 aromatic rings. The lowest BCUT2D eigenvalue weighted by Crippen LogP contribution is -2.39. The van der Waals surface area contributed by atoms with Gasteiger partial charge in [-0.05, 0) is 30.1 Å². The highest BCUT2D eigenvalue weighted by molar-refractivity contribution is 5.85. The van der Waals surface area contributed by atoms with Crippen LogP contribution in [0.4, 0.5) is 18.9 Å². The lowest BCUT2D eigenvalue weighted by Gasteiger charge is -2.32. The van der Waals surface area contributed by atoms with E-state index in [-0.39, 0.29) is 0 Å². The maximum Gasteiger partial charge on any atom is 0.522 e. The van der Waals surface area contributed by atoms with E-state index in [1.807, 2.05) is 4.90 Å². The van der Waals surface area contributed by atoms with Gasteiger partial charge in [0.1, 0.15) is 0 Å². The fraction of sp³-hybridized carbons (Fsp3) is 0.615. The average Bonchev–Trinajstić information content (AvgIpc) is 2.92. The number of alkyl halides is 3. The summed E-state index contributed by atoms with van der Waals surface area (Å²) in [5, 5.41) is 7.39. The van der Waals surface area contributed by atoms with Crippen molar-refractivity contribution in [3.63, 3.8) is 0 Å². The predicted molar refractivity (Wildman–Crippen MR) is 74.2 cm³/mol. The number of halogens is 3. The summed E-state index contributed by atoms with van der Waals surface area (Å²) in [7, 11) is 0. The molecule has 1 saturated heterocycles. The molecule has 0 spiro atoms. The normalized spacial score (nSPS) is 17.9. The fourth-order valence-electron chi connectivity index (χ4n) is 2.79. The first-order valence-electron chi connectivity index (χ1n) is 7.17. The smallest absolute Gasteiger partial charge is 0.396 e. The number of nitrogen functional groups attached to an aromatic ring is 1. The lowest BCUT2D eigenvalue weighted by atomic mass is 10.1. The number of likely N-dealkylation sites (tertiary alicyclic amines) is 1. The molecule has 1 fully saturated rings. The summed E-state index contributed by atoms with van der Waals surface area (Å²) in [6.07, 6.45) is -4.73. The van der Waals surface area contributed by atoms with Gasteiger partial charge in [0.05, 0.1) is 11.8 Å². The quantitative estimate of drug-likeness (QED) is 0.920. The van der Waals surface area contributed by atoms with Gasteiger partial charge in [0.15, 0.2) is 5.52 Å². The van der Waals surface area contributed by atoms with E-state index in [1.165, 1.54) is 0 Å². The minimum atomic E-state index is -4.58. The van der Waals surface area contributed by atoms with Crippen LogP contribution in [0.15, 0.2) is 4.63 Å². The van der Waals surface area contributed by atoms with Crippen molar-refractivity contribution >= 4 is 16.9 Å². The zero-order valence-electron chi connectivity index (χ0n) is 12.4. The van der Waals surface area contributed by atoms with Gasteiger partial charge in [-0.15, -0.1) is 13.2 Å². The van der Waals surface area contributed by atoms with Crippen molar-refractivity contribution in [3.05, 3.63) is 11.3 Å². The van der Waals surface area contributed by atoms with E-state index in [2.05, 4.69) is 24.7 Å². The van der Waals surface area contributed by atoms with Crippen molar-refractivity contribution in [2.24, 2.45) is 0 Å². The molecule has 1 aliphatic heterocycles. The van der Waals surface area contributed by atoms with Crippen molar-refractivity contribution in [2.45, 2.75) is 38.8 Å². The first-order chi connectivity index (χ1) is 10.8. The third kappa shape index (κ3) is 3.53. The number of pyridine rings is 1. The number of rotatable bonds is 3. The van der Waals surface area contributed by atoms with Crippen LogP contribution >= 0.6 is 0 Å². The molecular formula is C13H16F3N5O2. The summed E-state index contributed by atoms with van der Waals surface area (Å²) in [5.74, 6) is 0. The monoisotopic (exact) mass is 331 g/mol. The topological polar surface area (TPSA) is 90.3 Å². The summed E-state index contributed by atoms with van der Waals surface area (Å²) < 4.78 is 45.4. The van der Waals surface area contributed by atoms with Crippen LogP contribution in [-0.4, -0.2) is 45.8 Å². The number of hydrogen-bond donors (Lipinski definition) is 1. The van der Waals surface area contributed by atoms with Crippen molar-refractivity contribution in [1.29, 1.82) is 0 Å². The van der Waals surface area contributed by atoms with Crippen LogP contribution in [-0.2, 0) is 11.3 Å². The molecule has 0 amide bonds. The molecule has 2 N–H and O–H groups in total. The molecule has 3 rings (SSSR count). The summed E-state index contributed by atoms with van der Waals surface area (Å²) in [4.78, 5) is 6.30. The molecule has 0 aromatic carbocycles. The number of anilines is 1. The van der Waals surface area contributed by atoms with Gasteiger partial charge in [-0.2, -0.15) is 0 Å². The number of hydrogen-bond acceptors (Lipinski definition) is 7. The van der Waals surface area contributed by atoms with E-state index in [1.54, 1.807) is 6.92 Å². The minimum Gasteiger partial charge on any atom is -0.396 e. The molecule has 1 aliphatic rings. The molecule has 0 radical (unpaired) electrons. The zero-order chi connectivity index (χ0) is 16.6. The minimum absolute atomic E-state index is 0.319. The fourth-order valence-corrected chi connectivity index (χ4v) is 2.79. The summed E-state index contributed by atoms with van der Waals surface area (Å²) in [6, 6.07) is 0. The van der Waals surface area contributed by atoms with Gasteiger partial charge in [0.2, 0.25) is 5.65 Å². The Balaban J connectivity index is 1.67. The van der Waals surface area contributed by atoms with Gasteiger partial charge in [0, 0.05) is 30.9 Å². The van der Waals surface area contributed by atoms with Crippen LogP contribution < -0.4 is 5.73 Å². The summed E-state index contributed by atoms with van der Waals surface area (Å²) in [6.45, 7) is 3.29. The molecule has 0 bridgehead atoms. The third-order valence-corrected chi connectivity index (χ3v) is 3.98. The van der Waals surface area contributed by atoms with Crippen LogP contribution in [0, 0.1) is 6.92 Å². The van der Waals surface area contributed by atoms with E-state index in [0.29, 0.717) is 55.0 Å². The van der Waals surface area contributed by atoms with E-state index in [9.17, 15) is 13.2 Å². The number of fused-ring (bicyclic) bond motifs is 1. The maximum absolute atomic E-state index is 12.2. The van der Waals surface area contributed by atoms with Crippen LogP contribution in [0.2, 0.25) is 0 Å². The molecule has 0 aliphatic carbocycles. The first-order valence-corrected chi connectivity index (χ1v) is 7.17. The molecule has 2 aromatic heterocycles. The number of nitrogens with two attached hydrogens (primary N) is 1. The van der Waals surface area contributed by atoms with Crippen molar-refractivity contribution in [1.82, 2.24) is 20.2 Å². The lowest BCUT2D eigenvalue weighted by molar-refractivity contribution is -0.345. The second-order valence-corrected chi connectivity index (χ2v) is 5.56. The van der Waals surface area contributed by atoms with Crippen LogP contribution in [0.3, 0.4) is 0 Å². The Bertz CT molecular complexity index is 695. The standard InChI is InChI=1S/C13H16F3N5O2/c1-7-9(10(17)11-12(18-7)20-23-19-11)6-21-4-2-8(3-5-21)22-13(14,15)16/h8H,2-6,17H2,1H3. The molecule has 3 heterocycles. The molecule has 126 valence electrons. The highest BCUT2D eigenvalue weighted by atomic mass is 19.4. The Morgan fingerprint density at radius 2 is 2.00 bits per heavy atom. The SMILES string of the molecule is Cc1nc2nonc2c(N)c1CN1CCC(OC(F)(F)F)CC1. The number of aryl methyl sites for hydroxylation is 1. The highest BCUT2D eigenvalue weighted by Gasteiger charge is 2.35.